The third-order valence-electron chi connectivity index (χ3n) is 6.92. The third-order valence-corrected chi connectivity index (χ3v) is 6.92. The molecule has 0 bridgehead atoms. The Kier molecular flexibility index (Phi) is 8.28. The standard InChI is InChI=1S/C29H34N6O3/c1-21(22-5-3-2-4-6-22)33-28-25-17-24(7-8-27(25)31-20-32-28)35-18-23(9-14-36)26(19-35)29(37)30-10-11-34-12-15-38-16-13-34/h2-8,17-21,36H,9-16H2,1H3,(H,30,37)(H,31,32,33). The second-order valence-electron chi connectivity index (χ2n) is 9.49. The predicted molar refractivity (Wildman–Crippen MR) is 148 cm³/mol. The first kappa shape index (κ1) is 25.8. The molecule has 1 aliphatic rings. The molecule has 5 rings (SSSR count). The van der Waals surface area contributed by atoms with Crippen LogP contribution in [0.3, 0.4) is 0 Å². The molecule has 2 aromatic carbocycles. The highest BCUT2D eigenvalue weighted by Crippen LogP contribution is 2.27. The number of anilines is 1. The van der Waals surface area contributed by atoms with E-state index in [9.17, 15) is 9.90 Å². The fourth-order valence-corrected chi connectivity index (χ4v) is 4.77. The quantitative estimate of drug-likeness (QED) is 0.299. The molecule has 9 nitrogen and oxygen atoms in total. The van der Waals surface area contributed by atoms with Crippen LogP contribution in [0.1, 0.15) is 34.5 Å². The zero-order valence-electron chi connectivity index (χ0n) is 21.6. The van der Waals surface area contributed by atoms with Gasteiger partial charge in [-0.1, -0.05) is 30.3 Å². The lowest BCUT2D eigenvalue weighted by atomic mass is 10.1. The van der Waals surface area contributed by atoms with Crippen molar-refractivity contribution < 1.29 is 14.6 Å². The van der Waals surface area contributed by atoms with Crippen LogP contribution in [-0.4, -0.2) is 76.4 Å². The van der Waals surface area contributed by atoms with Crippen molar-refractivity contribution in [3.8, 4) is 5.69 Å². The van der Waals surface area contributed by atoms with Crippen LogP contribution in [0.2, 0.25) is 0 Å². The maximum Gasteiger partial charge on any atom is 0.253 e. The zero-order valence-corrected chi connectivity index (χ0v) is 21.6. The second-order valence-corrected chi connectivity index (χ2v) is 9.49. The lowest BCUT2D eigenvalue weighted by Crippen LogP contribution is -2.41. The van der Waals surface area contributed by atoms with Gasteiger partial charge in [-0.25, -0.2) is 9.97 Å². The van der Waals surface area contributed by atoms with Crippen LogP contribution in [-0.2, 0) is 11.2 Å². The summed E-state index contributed by atoms with van der Waals surface area (Å²) >= 11 is 0. The van der Waals surface area contributed by atoms with Crippen molar-refractivity contribution in [3.63, 3.8) is 0 Å². The van der Waals surface area contributed by atoms with E-state index >= 15 is 0 Å². The summed E-state index contributed by atoms with van der Waals surface area (Å²) in [6.45, 7) is 6.65. The van der Waals surface area contributed by atoms with Crippen LogP contribution in [0.25, 0.3) is 16.6 Å². The molecule has 1 unspecified atom stereocenters. The van der Waals surface area contributed by atoms with Gasteiger partial charge in [0, 0.05) is 62.3 Å². The molecular formula is C29H34N6O3. The summed E-state index contributed by atoms with van der Waals surface area (Å²) in [6, 6.07) is 16.2. The van der Waals surface area contributed by atoms with E-state index in [1.807, 2.05) is 53.4 Å². The molecule has 9 heteroatoms. The van der Waals surface area contributed by atoms with Gasteiger partial charge in [0.25, 0.3) is 5.91 Å². The first-order valence-corrected chi connectivity index (χ1v) is 13.1. The van der Waals surface area contributed by atoms with Crippen LogP contribution < -0.4 is 10.6 Å². The number of rotatable bonds is 10. The molecule has 3 heterocycles. The summed E-state index contributed by atoms with van der Waals surface area (Å²) in [4.78, 5) is 24.3. The van der Waals surface area contributed by atoms with E-state index in [2.05, 4.69) is 44.6 Å². The van der Waals surface area contributed by atoms with Crippen LogP contribution in [0, 0.1) is 0 Å². The van der Waals surface area contributed by atoms with Crippen molar-refractivity contribution in [2.45, 2.75) is 19.4 Å². The SMILES string of the molecule is CC(Nc1ncnc2ccc(-n3cc(CCO)c(C(=O)NCCN4CCOCC4)c3)cc12)c1ccccc1. The number of morpholine rings is 1. The maximum atomic E-state index is 13.1. The van der Waals surface area contributed by atoms with Crippen molar-refractivity contribution in [1.82, 2.24) is 24.8 Å². The molecule has 0 saturated carbocycles. The maximum absolute atomic E-state index is 13.1. The number of nitrogens with one attached hydrogen (secondary N) is 2. The number of hydrogen-bond acceptors (Lipinski definition) is 7. The summed E-state index contributed by atoms with van der Waals surface area (Å²) in [5, 5.41) is 17.1. The minimum Gasteiger partial charge on any atom is -0.396 e. The Morgan fingerprint density at radius 3 is 2.71 bits per heavy atom. The summed E-state index contributed by atoms with van der Waals surface area (Å²) in [5.41, 5.74) is 4.25. The number of carbonyl (C=O) groups is 1. The fraction of sp³-hybridized carbons (Fsp3) is 0.345. The van der Waals surface area contributed by atoms with E-state index in [0.29, 0.717) is 18.5 Å². The van der Waals surface area contributed by atoms with Crippen LogP contribution in [0.5, 0.6) is 0 Å². The summed E-state index contributed by atoms with van der Waals surface area (Å²) in [7, 11) is 0. The first-order valence-electron chi connectivity index (χ1n) is 13.1. The molecular weight excluding hydrogens is 480 g/mol. The number of aliphatic hydroxyl groups is 1. The Morgan fingerprint density at radius 1 is 1.11 bits per heavy atom. The number of fused-ring (bicyclic) bond motifs is 1. The lowest BCUT2D eigenvalue weighted by Gasteiger charge is -2.26. The minimum absolute atomic E-state index is 0.0327. The van der Waals surface area contributed by atoms with Gasteiger partial charge in [0.2, 0.25) is 0 Å². The number of aliphatic hydroxyl groups excluding tert-OH is 1. The normalized spacial score (nSPS) is 14.9. The van der Waals surface area contributed by atoms with E-state index < -0.39 is 0 Å². The molecule has 198 valence electrons. The van der Waals surface area contributed by atoms with Crippen LogP contribution in [0.15, 0.2) is 67.3 Å². The summed E-state index contributed by atoms with van der Waals surface area (Å²) < 4.78 is 7.32. The number of nitrogens with zero attached hydrogens (tertiary/aromatic N) is 4. The van der Waals surface area contributed by atoms with Gasteiger partial charge in [0.05, 0.1) is 24.3 Å². The third kappa shape index (κ3) is 6.02. The number of aromatic nitrogens is 3. The van der Waals surface area contributed by atoms with Crippen molar-refractivity contribution in [2.75, 3.05) is 51.3 Å². The Bertz CT molecular complexity index is 1370. The molecule has 4 aromatic rings. The Balaban J connectivity index is 1.37. The van der Waals surface area contributed by atoms with Crippen molar-refractivity contribution in [3.05, 3.63) is 83.9 Å². The highest BCUT2D eigenvalue weighted by molar-refractivity contribution is 5.96. The molecule has 38 heavy (non-hydrogen) atoms. The molecule has 1 aliphatic heterocycles. The van der Waals surface area contributed by atoms with Gasteiger partial charge in [-0.2, -0.15) is 0 Å². The van der Waals surface area contributed by atoms with E-state index in [-0.39, 0.29) is 18.6 Å². The van der Waals surface area contributed by atoms with Crippen molar-refractivity contribution in [2.24, 2.45) is 0 Å². The van der Waals surface area contributed by atoms with Gasteiger partial charge >= 0.3 is 0 Å². The molecule has 2 aromatic heterocycles. The largest absolute Gasteiger partial charge is 0.396 e. The lowest BCUT2D eigenvalue weighted by molar-refractivity contribution is 0.0383. The van der Waals surface area contributed by atoms with E-state index in [4.69, 9.17) is 4.74 Å². The molecule has 1 amide bonds. The van der Waals surface area contributed by atoms with E-state index in [1.54, 1.807) is 6.33 Å². The highest BCUT2D eigenvalue weighted by atomic mass is 16.5. The predicted octanol–water partition coefficient (Wildman–Crippen LogP) is 3.19. The average molecular weight is 515 g/mol. The van der Waals surface area contributed by atoms with Gasteiger partial charge < -0.3 is 25.0 Å². The smallest absolute Gasteiger partial charge is 0.253 e. The average Bonchev–Trinajstić information content (AvgIpc) is 3.38. The van der Waals surface area contributed by atoms with Crippen LogP contribution >= 0.6 is 0 Å². The van der Waals surface area contributed by atoms with Gasteiger partial charge in [-0.15, -0.1) is 0 Å². The Morgan fingerprint density at radius 2 is 1.92 bits per heavy atom. The fourth-order valence-electron chi connectivity index (χ4n) is 4.77. The highest BCUT2D eigenvalue weighted by Gasteiger charge is 2.17. The van der Waals surface area contributed by atoms with Crippen molar-refractivity contribution in [1.29, 1.82) is 0 Å². The molecule has 3 N–H and O–H groups in total. The van der Waals surface area contributed by atoms with Gasteiger partial charge in [0.15, 0.2) is 0 Å². The summed E-state index contributed by atoms with van der Waals surface area (Å²) in [5.74, 6) is 0.612. The first-order chi connectivity index (χ1) is 18.6. The van der Waals surface area contributed by atoms with Gasteiger partial charge in [-0.3, -0.25) is 9.69 Å². The molecule has 0 radical (unpaired) electrons. The minimum atomic E-state index is -0.136. The molecule has 0 spiro atoms. The number of carbonyl (C=O) groups excluding carboxylic acids is 1. The Hall–Kier alpha value is -3.79. The van der Waals surface area contributed by atoms with E-state index in [0.717, 1.165) is 60.8 Å². The number of ether oxygens (including phenoxy) is 1. The van der Waals surface area contributed by atoms with E-state index in [1.165, 1.54) is 5.56 Å². The zero-order chi connectivity index (χ0) is 26.3. The van der Waals surface area contributed by atoms with Gasteiger partial charge in [-0.05, 0) is 42.7 Å². The Labute approximate surface area is 222 Å². The van der Waals surface area contributed by atoms with Gasteiger partial charge in [0.1, 0.15) is 12.1 Å². The second kappa shape index (κ2) is 12.2. The monoisotopic (exact) mass is 514 g/mol. The molecule has 0 aliphatic carbocycles. The number of hydrogen-bond donors (Lipinski definition) is 3. The van der Waals surface area contributed by atoms with Crippen LogP contribution in [0.4, 0.5) is 5.82 Å². The topological polar surface area (TPSA) is 105 Å². The summed E-state index contributed by atoms with van der Waals surface area (Å²) in [6.07, 6.45) is 5.71. The number of benzene rings is 2. The molecule has 1 saturated heterocycles. The molecule has 1 fully saturated rings. The van der Waals surface area contributed by atoms with Crippen molar-refractivity contribution >= 4 is 22.6 Å². The molecule has 1 atom stereocenters. The number of amides is 1.